The molecule has 3 aliphatic carbocycles. The number of phenols is 1. The molecule has 0 radical (unpaired) electrons. The highest BCUT2D eigenvalue weighted by atomic mass is 19.4. The van der Waals surface area contributed by atoms with Crippen LogP contribution in [0.3, 0.4) is 0 Å². The van der Waals surface area contributed by atoms with Crippen molar-refractivity contribution in [2.75, 3.05) is 0 Å². The minimum absolute atomic E-state index is 0.0413. The Hall–Kier alpha value is -3.79. The van der Waals surface area contributed by atoms with Gasteiger partial charge in [-0.3, -0.25) is 14.4 Å². The zero-order valence-electron chi connectivity index (χ0n) is 27.5. The van der Waals surface area contributed by atoms with Crippen LogP contribution in [0.2, 0.25) is 0 Å². The summed E-state index contributed by atoms with van der Waals surface area (Å²) in [6, 6.07) is 3.54. The molecule has 2 saturated carbocycles. The summed E-state index contributed by atoms with van der Waals surface area (Å²) in [5.41, 5.74) is -5.41. The molecule has 9 nitrogen and oxygen atoms in total. The monoisotopic (exact) mass is 713 g/mol. The average molecular weight is 714 g/mol. The van der Waals surface area contributed by atoms with Gasteiger partial charge >= 0.3 is 12.4 Å². The Kier molecular flexibility index (Phi) is 8.71. The number of primary amides is 1. The first-order valence-electron chi connectivity index (χ1n) is 15.8. The zero-order valence-corrected chi connectivity index (χ0v) is 27.5. The Bertz CT molecular complexity index is 1770. The minimum atomic E-state index is -5.11. The van der Waals surface area contributed by atoms with Crippen molar-refractivity contribution < 1.29 is 66.3 Å². The van der Waals surface area contributed by atoms with E-state index in [2.05, 4.69) is 0 Å². The van der Waals surface area contributed by atoms with E-state index in [4.69, 9.17) is 5.73 Å². The number of carbonyl (C=O) groups excluding carboxylic acids is 3. The molecule has 7 N–H and O–H groups in total. The molecule has 272 valence electrons. The molecule has 5 rings (SSSR count). The van der Waals surface area contributed by atoms with E-state index in [1.807, 2.05) is 0 Å². The van der Waals surface area contributed by atoms with E-state index in [-0.39, 0.29) is 17.2 Å². The van der Waals surface area contributed by atoms with Crippen LogP contribution in [0, 0.1) is 34.5 Å². The van der Waals surface area contributed by atoms with E-state index in [1.165, 1.54) is 26.0 Å². The van der Waals surface area contributed by atoms with Gasteiger partial charge in [0, 0.05) is 16.4 Å². The number of amides is 1. The summed E-state index contributed by atoms with van der Waals surface area (Å²) in [6.45, 7) is 7.54. The SMILES string of the molecule is CC(C)[C@H]1C(O)C(C(N)=O)C(=O)[C@]2(O)C(O)C3C(=O)c4c(ccc(/C=C/c5cc(C(F)(F)F)cc(C(F)(F)F)c5)c4O)[C@@H](C)[C@]3(C)[C@@H](O)[C@]12C. The van der Waals surface area contributed by atoms with Gasteiger partial charge in [-0.1, -0.05) is 58.9 Å². The van der Waals surface area contributed by atoms with Gasteiger partial charge in [-0.15, -0.1) is 0 Å². The number of halogens is 6. The summed E-state index contributed by atoms with van der Waals surface area (Å²) in [4.78, 5) is 40.7. The van der Waals surface area contributed by atoms with Crippen molar-refractivity contribution in [2.45, 2.75) is 76.8 Å². The molecule has 0 bridgehead atoms. The quantitative estimate of drug-likeness (QED) is 0.154. The predicted molar refractivity (Wildman–Crippen MR) is 165 cm³/mol. The maximum absolute atomic E-state index is 14.4. The van der Waals surface area contributed by atoms with Crippen LogP contribution >= 0.6 is 0 Å². The Labute approximate surface area is 282 Å². The fourth-order valence-electron chi connectivity index (χ4n) is 9.17. The smallest absolute Gasteiger partial charge is 0.416 e. The highest BCUT2D eigenvalue weighted by molar-refractivity contribution is 6.09. The van der Waals surface area contributed by atoms with E-state index in [0.717, 1.165) is 12.2 Å². The first-order chi connectivity index (χ1) is 22.8. The van der Waals surface area contributed by atoms with Gasteiger partial charge in [-0.25, -0.2) is 0 Å². The topological polar surface area (TPSA) is 178 Å². The number of hydrogen-bond donors (Lipinski definition) is 6. The van der Waals surface area contributed by atoms with E-state index in [1.54, 1.807) is 20.8 Å². The van der Waals surface area contributed by atoms with Gasteiger partial charge in [0.25, 0.3) is 0 Å². The molecule has 3 aliphatic rings. The third kappa shape index (κ3) is 4.94. The van der Waals surface area contributed by atoms with Gasteiger partial charge in [0.15, 0.2) is 17.2 Å². The molecule has 2 fully saturated rings. The van der Waals surface area contributed by atoms with E-state index < -0.39 is 122 Å². The molecule has 1 amide bonds. The molecule has 0 aromatic heterocycles. The molecule has 2 aromatic rings. The van der Waals surface area contributed by atoms with Crippen molar-refractivity contribution in [1.82, 2.24) is 0 Å². The lowest BCUT2D eigenvalue weighted by Crippen LogP contribution is -2.83. The van der Waals surface area contributed by atoms with Crippen molar-refractivity contribution in [3.8, 4) is 5.75 Å². The van der Waals surface area contributed by atoms with Gasteiger partial charge in [-0.05, 0) is 47.1 Å². The number of aliphatic hydroxyl groups excluding tert-OH is 3. The number of aromatic hydroxyl groups is 1. The van der Waals surface area contributed by atoms with Crippen LogP contribution in [0.25, 0.3) is 12.2 Å². The predicted octanol–water partition coefficient (Wildman–Crippen LogP) is 4.31. The number of fused-ring (bicyclic) bond motifs is 3. The van der Waals surface area contributed by atoms with Crippen molar-refractivity contribution in [3.05, 3.63) is 63.7 Å². The molecule has 2 aromatic carbocycles. The Balaban J connectivity index is 1.67. The van der Waals surface area contributed by atoms with Crippen LogP contribution in [0.4, 0.5) is 26.3 Å². The summed E-state index contributed by atoms with van der Waals surface area (Å²) in [6.07, 6.45) is -14.2. The lowest BCUT2D eigenvalue weighted by molar-refractivity contribution is -0.306. The number of aliphatic hydroxyl groups is 4. The van der Waals surface area contributed by atoms with Crippen LogP contribution in [-0.2, 0) is 21.9 Å². The van der Waals surface area contributed by atoms with Crippen molar-refractivity contribution >= 4 is 29.6 Å². The number of hydrogen-bond acceptors (Lipinski definition) is 8. The van der Waals surface area contributed by atoms with E-state index in [0.29, 0.717) is 12.1 Å². The average Bonchev–Trinajstić information content (AvgIpc) is 2.99. The molecule has 0 aliphatic heterocycles. The normalized spacial score (nSPS) is 36.0. The number of benzene rings is 2. The van der Waals surface area contributed by atoms with Crippen LogP contribution in [-0.4, -0.2) is 66.9 Å². The van der Waals surface area contributed by atoms with Gasteiger partial charge in [0.1, 0.15) is 17.8 Å². The Morgan fingerprint density at radius 2 is 1.48 bits per heavy atom. The zero-order chi connectivity index (χ0) is 37.8. The molecule has 10 atom stereocenters. The molecule has 0 spiro atoms. The summed E-state index contributed by atoms with van der Waals surface area (Å²) in [7, 11) is 0. The fourth-order valence-corrected chi connectivity index (χ4v) is 9.17. The second-order valence-corrected chi connectivity index (χ2v) is 14.5. The van der Waals surface area contributed by atoms with Crippen molar-refractivity contribution in [2.24, 2.45) is 40.2 Å². The molecule has 4 unspecified atom stereocenters. The third-order valence-electron chi connectivity index (χ3n) is 11.7. The maximum Gasteiger partial charge on any atom is 0.416 e. The van der Waals surface area contributed by atoms with Gasteiger partial charge in [0.2, 0.25) is 5.91 Å². The van der Waals surface area contributed by atoms with Crippen LogP contribution in [0.15, 0.2) is 30.3 Å². The molecular weight excluding hydrogens is 676 g/mol. The Morgan fingerprint density at radius 3 is 1.96 bits per heavy atom. The van der Waals surface area contributed by atoms with Crippen LogP contribution in [0.1, 0.15) is 78.7 Å². The molecule has 0 heterocycles. The maximum atomic E-state index is 14.4. The number of alkyl halides is 6. The Morgan fingerprint density at radius 1 is 0.940 bits per heavy atom. The molecule has 0 saturated heterocycles. The largest absolute Gasteiger partial charge is 0.507 e. The number of nitrogens with two attached hydrogens (primary N) is 1. The summed E-state index contributed by atoms with van der Waals surface area (Å²) >= 11 is 0. The summed E-state index contributed by atoms with van der Waals surface area (Å²) < 4.78 is 80.4. The molecule has 15 heteroatoms. The van der Waals surface area contributed by atoms with Crippen LogP contribution in [0.5, 0.6) is 5.75 Å². The first kappa shape index (κ1) is 37.5. The first-order valence-corrected chi connectivity index (χ1v) is 15.8. The number of ketones is 2. The van der Waals surface area contributed by atoms with Gasteiger partial charge in [0.05, 0.1) is 34.8 Å². The molecular formula is C35H37F6NO8. The lowest BCUT2D eigenvalue weighted by Gasteiger charge is -2.69. The van der Waals surface area contributed by atoms with E-state index >= 15 is 0 Å². The fraction of sp³-hybridized carbons (Fsp3) is 0.514. The van der Waals surface area contributed by atoms with Crippen molar-refractivity contribution in [1.29, 1.82) is 0 Å². The molecule has 50 heavy (non-hydrogen) atoms. The summed E-state index contributed by atoms with van der Waals surface area (Å²) in [5.74, 6) is -11.0. The number of phenolic OH excluding ortho intramolecular Hbond substituents is 1. The van der Waals surface area contributed by atoms with Gasteiger partial charge in [-0.2, -0.15) is 26.3 Å². The second-order valence-electron chi connectivity index (χ2n) is 14.5. The van der Waals surface area contributed by atoms with Crippen LogP contribution < -0.4 is 5.73 Å². The minimum Gasteiger partial charge on any atom is -0.507 e. The number of Topliss-reactive ketones (excluding diaryl/α,β-unsaturated/α-hetero) is 2. The highest BCUT2D eigenvalue weighted by Gasteiger charge is 2.80. The summed E-state index contributed by atoms with van der Waals surface area (Å²) in [5, 5.41) is 59.1. The highest BCUT2D eigenvalue weighted by Crippen LogP contribution is 2.68. The van der Waals surface area contributed by atoms with Gasteiger partial charge < -0.3 is 31.3 Å². The van der Waals surface area contributed by atoms with E-state index in [9.17, 15) is 66.3 Å². The number of carbonyl (C=O) groups is 3. The third-order valence-corrected chi connectivity index (χ3v) is 11.7. The number of rotatable bonds is 4. The second kappa shape index (κ2) is 11.6. The standard InChI is InChI=1S/C35H37F6NO8/c1-13(2)22-26(45)21(29(42)48)27(46)33(50)28(47)23-25(44)20-19(14(3)31(23,4)30(49)32(22,33)5)9-8-16(24(20)43)7-6-15-10-17(34(36,37)38)12-18(11-15)35(39,40)41/h6-14,21-23,26,28,30,43,45,47,49-50H,1-5H3,(H2,42,48)/b7-6+/t14-,21?,22+,23?,26?,28?,30-,31+,32+,33+/m1/s1. The lowest BCUT2D eigenvalue weighted by atomic mass is 9.36. The van der Waals surface area contributed by atoms with Crippen molar-refractivity contribution in [3.63, 3.8) is 0 Å².